The van der Waals surface area contributed by atoms with E-state index in [1.165, 1.54) is 38.5 Å². The molecule has 0 amide bonds. The third-order valence-electron chi connectivity index (χ3n) is 7.62. The molecule has 0 radical (unpaired) electrons. The van der Waals surface area contributed by atoms with E-state index in [1.54, 1.807) is 5.57 Å². The summed E-state index contributed by atoms with van der Waals surface area (Å²) in [5.74, 6) is 2.97. The zero-order chi connectivity index (χ0) is 14.0. The highest BCUT2D eigenvalue weighted by molar-refractivity contribution is 5.80. The van der Waals surface area contributed by atoms with Gasteiger partial charge < -0.3 is 0 Å². The molecule has 0 aromatic carbocycles. The van der Waals surface area contributed by atoms with Crippen molar-refractivity contribution in [1.29, 1.82) is 0 Å². The van der Waals surface area contributed by atoms with Gasteiger partial charge in [-0.1, -0.05) is 31.9 Å². The van der Waals surface area contributed by atoms with Crippen molar-refractivity contribution in [2.24, 2.45) is 28.6 Å². The summed E-state index contributed by atoms with van der Waals surface area (Å²) in [6, 6.07) is 0. The Morgan fingerprint density at radius 3 is 2.85 bits per heavy atom. The first-order valence-corrected chi connectivity index (χ1v) is 8.75. The topological polar surface area (TPSA) is 17.1 Å². The number of rotatable bonds is 0. The van der Waals surface area contributed by atoms with Crippen molar-refractivity contribution in [3.05, 3.63) is 11.6 Å². The van der Waals surface area contributed by atoms with E-state index in [0.29, 0.717) is 22.5 Å². The van der Waals surface area contributed by atoms with E-state index in [-0.39, 0.29) is 0 Å². The van der Waals surface area contributed by atoms with Crippen LogP contribution in [0.25, 0.3) is 0 Å². The third kappa shape index (κ3) is 1.64. The van der Waals surface area contributed by atoms with Gasteiger partial charge in [-0.05, 0) is 67.1 Å². The summed E-state index contributed by atoms with van der Waals surface area (Å²) in [5, 5.41) is 0. The Labute approximate surface area is 123 Å². The number of hydrogen-bond acceptors (Lipinski definition) is 1. The largest absolute Gasteiger partial charge is 0.300 e. The molecule has 0 aromatic rings. The molecule has 1 heteroatoms. The van der Waals surface area contributed by atoms with E-state index in [9.17, 15) is 4.79 Å². The van der Waals surface area contributed by atoms with Crippen LogP contribution in [0.4, 0.5) is 0 Å². The molecule has 0 spiro atoms. The van der Waals surface area contributed by atoms with Crippen LogP contribution in [0.5, 0.6) is 0 Å². The second kappa shape index (κ2) is 4.21. The molecule has 0 aromatic heterocycles. The van der Waals surface area contributed by atoms with Crippen LogP contribution in [-0.4, -0.2) is 5.78 Å². The summed E-state index contributed by atoms with van der Waals surface area (Å²) in [4.78, 5) is 11.8. The van der Waals surface area contributed by atoms with E-state index < -0.39 is 0 Å². The molecule has 3 saturated carbocycles. The minimum atomic E-state index is 0.362. The van der Waals surface area contributed by atoms with Crippen molar-refractivity contribution in [3.63, 3.8) is 0 Å². The minimum Gasteiger partial charge on any atom is -0.300 e. The van der Waals surface area contributed by atoms with E-state index in [2.05, 4.69) is 19.9 Å². The van der Waals surface area contributed by atoms with Gasteiger partial charge in [-0.3, -0.25) is 4.79 Å². The van der Waals surface area contributed by atoms with Crippen molar-refractivity contribution in [2.45, 2.75) is 71.6 Å². The van der Waals surface area contributed by atoms with Gasteiger partial charge in [0.05, 0.1) is 0 Å². The smallest absolute Gasteiger partial charge is 0.133 e. The average Bonchev–Trinajstić information content (AvgIpc) is 2.81. The summed E-state index contributed by atoms with van der Waals surface area (Å²) in [6.45, 7) is 5.02. The predicted molar refractivity (Wildman–Crippen MR) is 81.3 cm³/mol. The number of carbonyl (C=O) groups is 1. The fourth-order valence-electron chi connectivity index (χ4n) is 6.31. The molecule has 4 aliphatic rings. The van der Waals surface area contributed by atoms with Crippen LogP contribution in [0, 0.1) is 28.6 Å². The first-order chi connectivity index (χ1) is 9.53. The third-order valence-corrected chi connectivity index (χ3v) is 7.62. The summed E-state index contributed by atoms with van der Waals surface area (Å²) >= 11 is 0. The van der Waals surface area contributed by atoms with Crippen molar-refractivity contribution in [3.8, 4) is 0 Å². The van der Waals surface area contributed by atoms with Crippen molar-refractivity contribution in [1.82, 2.24) is 0 Å². The van der Waals surface area contributed by atoms with Gasteiger partial charge in [-0.25, -0.2) is 0 Å². The van der Waals surface area contributed by atoms with Crippen LogP contribution in [0.2, 0.25) is 0 Å². The molecule has 0 N–H and O–H groups in total. The van der Waals surface area contributed by atoms with Crippen molar-refractivity contribution < 1.29 is 4.79 Å². The molecular weight excluding hydrogens is 244 g/mol. The Bertz CT molecular complexity index is 476. The molecule has 1 nitrogen and oxygen atoms in total. The van der Waals surface area contributed by atoms with Gasteiger partial charge in [0.25, 0.3) is 0 Å². The highest BCUT2D eigenvalue weighted by Gasteiger charge is 2.54. The summed E-state index contributed by atoms with van der Waals surface area (Å²) < 4.78 is 0. The number of allylic oxidation sites excluding steroid dienone is 2. The maximum Gasteiger partial charge on any atom is 0.133 e. The Morgan fingerprint density at radius 2 is 2.00 bits per heavy atom. The van der Waals surface area contributed by atoms with Crippen LogP contribution >= 0.6 is 0 Å². The predicted octanol–water partition coefficient (Wildman–Crippen LogP) is 4.91. The number of hydrogen-bond donors (Lipinski definition) is 0. The molecule has 0 saturated heterocycles. The van der Waals surface area contributed by atoms with E-state index in [1.807, 2.05) is 0 Å². The van der Waals surface area contributed by atoms with Crippen molar-refractivity contribution in [2.75, 3.05) is 0 Å². The Morgan fingerprint density at radius 1 is 1.15 bits per heavy atom. The van der Waals surface area contributed by atoms with Gasteiger partial charge in [0, 0.05) is 12.8 Å². The zero-order valence-electron chi connectivity index (χ0n) is 13.1. The normalized spacial score (nSPS) is 51.0. The molecule has 0 heterocycles. The SMILES string of the molecule is C[C@]12CC=C3[C@@H](CC[C@H]4CC(=O)CC[C@]34C)[C@@H]1CCC2. The standard InChI is InChI=1S/C19H28O/c1-18-9-3-4-16(18)15-6-5-13-12-14(20)7-11-19(13,2)17(15)8-10-18/h8,13,15-16H,3-7,9-12H2,1-2H3/t13-,15-,16-,18-,19-/m0/s1. The first kappa shape index (κ1) is 13.1. The average molecular weight is 272 g/mol. The molecular formula is C19H28O. The molecule has 5 atom stereocenters. The molecule has 4 rings (SSSR count). The second-order valence-corrected chi connectivity index (χ2v) is 8.56. The number of ketones is 1. The molecule has 0 aliphatic heterocycles. The lowest BCUT2D eigenvalue weighted by atomic mass is 9.49. The highest BCUT2D eigenvalue weighted by Crippen LogP contribution is 2.63. The Balaban J connectivity index is 1.71. The lowest BCUT2D eigenvalue weighted by molar-refractivity contribution is -0.125. The van der Waals surface area contributed by atoms with Crippen molar-refractivity contribution >= 4 is 5.78 Å². The quantitative estimate of drug-likeness (QED) is 0.573. The fourth-order valence-corrected chi connectivity index (χ4v) is 6.31. The van der Waals surface area contributed by atoms with Gasteiger partial charge in [0.2, 0.25) is 0 Å². The first-order valence-electron chi connectivity index (χ1n) is 8.75. The molecule has 0 unspecified atom stereocenters. The van der Waals surface area contributed by atoms with E-state index in [4.69, 9.17) is 0 Å². The van der Waals surface area contributed by atoms with Gasteiger partial charge in [-0.2, -0.15) is 0 Å². The lowest BCUT2D eigenvalue weighted by Crippen LogP contribution is -2.47. The van der Waals surface area contributed by atoms with Gasteiger partial charge in [0.1, 0.15) is 5.78 Å². The molecule has 0 bridgehead atoms. The molecule has 3 fully saturated rings. The molecule has 4 aliphatic carbocycles. The molecule has 20 heavy (non-hydrogen) atoms. The highest BCUT2D eigenvalue weighted by atomic mass is 16.1. The van der Waals surface area contributed by atoms with E-state index >= 15 is 0 Å². The lowest BCUT2D eigenvalue weighted by Gasteiger charge is -2.55. The zero-order valence-corrected chi connectivity index (χ0v) is 13.1. The van der Waals surface area contributed by atoms with Crippen LogP contribution < -0.4 is 0 Å². The monoisotopic (exact) mass is 272 g/mol. The van der Waals surface area contributed by atoms with Crippen LogP contribution in [0.15, 0.2) is 11.6 Å². The van der Waals surface area contributed by atoms with Crippen LogP contribution in [0.1, 0.15) is 71.6 Å². The fraction of sp³-hybridized carbons (Fsp3) is 0.842. The van der Waals surface area contributed by atoms with E-state index in [0.717, 1.165) is 31.1 Å². The van der Waals surface area contributed by atoms with Crippen LogP contribution in [0.3, 0.4) is 0 Å². The Kier molecular flexibility index (Phi) is 2.76. The Hall–Kier alpha value is -0.590. The number of fused-ring (bicyclic) bond motifs is 5. The van der Waals surface area contributed by atoms with Gasteiger partial charge in [-0.15, -0.1) is 0 Å². The maximum absolute atomic E-state index is 11.8. The summed E-state index contributed by atoms with van der Waals surface area (Å²) in [5.41, 5.74) is 2.74. The minimum absolute atomic E-state index is 0.362. The number of Topliss-reactive ketones (excluding diaryl/α,β-unsaturated/α-hetero) is 1. The van der Waals surface area contributed by atoms with Gasteiger partial charge >= 0.3 is 0 Å². The summed E-state index contributed by atoms with van der Waals surface area (Å²) in [6.07, 6.45) is 13.8. The maximum atomic E-state index is 11.8. The van der Waals surface area contributed by atoms with Gasteiger partial charge in [0.15, 0.2) is 0 Å². The number of carbonyl (C=O) groups excluding carboxylic acids is 1. The second-order valence-electron chi connectivity index (χ2n) is 8.56. The summed E-state index contributed by atoms with van der Waals surface area (Å²) in [7, 11) is 0. The molecule has 110 valence electrons. The van der Waals surface area contributed by atoms with Crippen LogP contribution in [-0.2, 0) is 4.79 Å².